The van der Waals surface area contributed by atoms with Gasteiger partial charge in [-0.05, 0) is 67.8 Å². The van der Waals surface area contributed by atoms with Gasteiger partial charge in [-0.1, -0.05) is 0 Å². The summed E-state index contributed by atoms with van der Waals surface area (Å²) < 4.78 is 20.2. The highest BCUT2D eigenvalue weighted by molar-refractivity contribution is 9.11. The first-order valence-electron chi connectivity index (χ1n) is 5.95. The van der Waals surface area contributed by atoms with Crippen molar-refractivity contribution in [2.24, 2.45) is 0 Å². The van der Waals surface area contributed by atoms with Gasteiger partial charge in [-0.15, -0.1) is 0 Å². The van der Waals surface area contributed by atoms with Crippen LogP contribution < -0.4 is 4.74 Å². The van der Waals surface area contributed by atoms with E-state index in [2.05, 4.69) is 31.9 Å². The van der Waals surface area contributed by atoms with Crippen molar-refractivity contribution in [1.29, 1.82) is 5.26 Å². The quantitative estimate of drug-likeness (QED) is 0.811. The van der Waals surface area contributed by atoms with Crippen LogP contribution in [-0.4, -0.2) is 5.11 Å². The Balaban J connectivity index is 2.25. The SMILES string of the molecule is N#Cc1ccc(F)cc1COc1c(Br)cc(CO)cc1Br. The molecule has 2 aromatic carbocycles. The number of ether oxygens (including phenoxy) is 1. The molecule has 0 amide bonds. The molecule has 2 aromatic rings. The Morgan fingerprint density at radius 3 is 2.43 bits per heavy atom. The second kappa shape index (κ2) is 7.03. The lowest BCUT2D eigenvalue weighted by Crippen LogP contribution is -2.01. The van der Waals surface area contributed by atoms with Crippen molar-refractivity contribution in [3.63, 3.8) is 0 Å². The van der Waals surface area contributed by atoms with E-state index in [1.165, 1.54) is 18.2 Å². The topological polar surface area (TPSA) is 53.2 Å². The number of hydrogen-bond donors (Lipinski definition) is 1. The lowest BCUT2D eigenvalue weighted by molar-refractivity contribution is 0.280. The summed E-state index contributed by atoms with van der Waals surface area (Å²) in [5, 5.41) is 18.1. The summed E-state index contributed by atoms with van der Waals surface area (Å²) in [6.45, 7) is -0.0176. The molecular weight excluding hydrogens is 405 g/mol. The van der Waals surface area contributed by atoms with E-state index in [0.29, 0.717) is 25.8 Å². The number of benzene rings is 2. The normalized spacial score (nSPS) is 10.2. The molecule has 1 N–H and O–H groups in total. The predicted molar refractivity (Wildman–Crippen MR) is 83.2 cm³/mol. The van der Waals surface area contributed by atoms with Crippen molar-refractivity contribution in [1.82, 2.24) is 0 Å². The Morgan fingerprint density at radius 2 is 1.86 bits per heavy atom. The van der Waals surface area contributed by atoms with Gasteiger partial charge in [0.2, 0.25) is 0 Å². The number of rotatable bonds is 4. The molecule has 21 heavy (non-hydrogen) atoms. The minimum absolute atomic E-state index is 0.0658. The second-order valence-electron chi connectivity index (χ2n) is 4.25. The molecule has 0 saturated carbocycles. The van der Waals surface area contributed by atoms with E-state index in [1.54, 1.807) is 12.1 Å². The van der Waals surface area contributed by atoms with E-state index in [1.807, 2.05) is 6.07 Å². The first kappa shape index (κ1) is 16.0. The number of aliphatic hydroxyl groups excluding tert-OH is 1. The third-order valence-electron chi connectivity index (χ3n) is 2.80. The molecule has 0 aromatic heterocycles. The molecule has 0 heterocycles. The van der Waals surface area contributed by atoms with E-state index in [4.69, 9.17) is 15.1 Å². The molecule has 0 atom stereocenters. The van der Waals surface area contributed by atoms with Gasteiger partial charge in [0.15, 0.2) is 0 Å². The second-order valence-corrected chi connectivity index (χ2v) is 5.96. The maximum Gasteiger partial charge on any atom is 0.148 e. The highest BCUT2D eigenvalue weighted by atomic mass is 79.9. The van der Waals surface area contributed by atoms with Crippen LogP contribution in [0.5, 0.6) is 5.75 Å². The zero-order valence-electron chi connectivity index (χ0n) is 10.7. The number of halogens is 3. The van der Waals surface area contributed by atoms with Gasteiger partial charge in [0.25, 0.3) is 0 Å². The molecule has 0 aliphatic carbocycles. The zero-order chi connectivity index (χ0) is 15.4. The van der Waals surface area contributed by atoms with Gasteiger partial charge in [-0.2, -0.15) is 5.26 Å². The Morgan fingerprint density at radius 1 is 1.19 bits per heavy atom. The van der Waals surface area contributed by atoms with Crippen LogP contribution in [0.2, 0.25) is 0 Å². The monoisotopic (exact) mass is 413 g/mol. The molecule has 0 fully saturated rings. The maximum absolute atomic E-state index is 13.3. The maximum atomic E-state index is 13.3. The van der Waals surface area contributed by atoms with Crippen molar-refractivity contribution in [2.75, 3.05) is 0 Å². The minimum atomic E-state index is -0.415. The first-order chi connectivity index (χ1) is 10.0. The third kappa shape index (κ3) is 3.82. The van der Waals surface area contributed by atoms with Crippen LogP contribution in [0.3, 0.4) is 0 Å². The minimum Gasteiger partial charge on any atom is -0.486 e. The predicted octanol–water partition coefficient (Wildman–Crippen LogP) is 4.29. The molecule has 3 nitrogen and oxygen atoms in total. The van der Waals surface area contributed by atoms with Crippen molar-refractivity contribution in [3.05, 3.63) is 61.8 Å². The van der Waals surface area contributed by atoms with Gasteiger partial charge in [0.05, 0.1) is 27.2 Å². The van der Waals surface area contributed by atoms with Crippen LogP contribution >= 0.6 is 31.9 Å². The molecule has 2 rings (SSSR count). The van der Waals surface area contributed by atoms with Gasteiger partial charge in [0.1, 0.15) is 18.2 Å². The zero-order valence-corrected chi connectivity index (χ0v) is 13.9. The summed E-state index contributed by atoms with van der Waals surface area (Å²) in [7, 11) is 0. The van der Waals surface area contributed by atoms with Crippen LogP contribution in [0.25, 0.3) is 0 Å². The van der Waals surface area contributed by atoms with E-state index in [-0.39, 0.29) is 13.2 Å². The molecule has 0 saturated heterocycles. The number of nitrogens with zero attached hydrogens (tertiary/aromatic N) is 1. The fourth-order valence-electron chi connectivity index (χ4n) is 1.78. The summed E-state index contributed by atoms with van der Waals surface area (Å²) in [5.74, 6) is 0.113. The van der Waals surface area contributed by atoms with Crippen LogP contribution in [0, 0.1) is 17.1 Å². The Labute approximate surface area is 138 Å². The van der Waals surface area contributed by atoms with Crippen molar-refractivity contribution < 1.29 is 14.2 Å². The Bertz CT molecular complexity index is 690. The smallest absolute Gasteiger partial charge is 0.148 e. The van der Waals surface area contributed by atoms with Crippen molar-refractivity contribution in [3.8, 4) is 11.8 Å². The van der Waals surface area contributed by atoms with Crippen molar-refractivity contribution >= 4 is 31.9 Å². The Hall–Kier alpha value is -1.42. The van der Waals surface area contributed by atoms with Gasteiger partial charge in [-0.25, -0.2) is 4.39 Å². The summed E-state index contributed by atoms with van der Waals surface area (Å²) >= 11 is 6.71. The molecule has 0 aliphatic heterocycles. The van der Waals surface area contributed by atoms with E-state index in [0.717, 1.165) is 5.56 Å². The molecule has 108 valence electrons. The van der Waals surface area contributed by atoms with Gasteiger partial charge >= 0.3 is 0 Å². The molecule has 0 radical (unpaired) electrons. The van der Waals surface area contributed by atoms with E-state index >= 15 is 0 Å². The lowest BCUT2D eigenvalue weighted by Gasteiger charge is -2.12. The van der Waals surface area contributed by atoms with Crippen LogP contribution in [0.1, 0.15) is 16.7 Å². The average Bonchev–Trinajstić information content (AvgIpc) is 2.46. The largest absolute Gasteiger partial charge is 0.486 e. The summed E-state index contributed by atoms with van der Waals surface area (Å²) in [6.07, 6.45) is 0. The van der Waals surface area contributed by atoms with Gasteiger partial charge in [-0.3, -0.25) is 0 Å². The standard InChI is InChI=1S/C15H10Br2FNO2/c16-13-3-9(7-20)4-14(17)15(13)21-8-11-5-12(18)2-1-10(11)6-19/h1-5,20H,7-8H2. The number of nitriles is 1. The first-order valence-corrected chi connectivity index (χ1v) is 7.54. The van der Waals surface area contributed by atoms with Crippen LogP contribution in [0.15, 0.2) is 39.3 Å². The molecule has 0 bridgehead atoms. The molecule has 6 heteroatoms. The van der Waals surface area contributed by atoms with Crippen LogP contribution in [0.4, 0.5) is 4.39 Å². The van der Waals surface area contributed by atoms with Gasteiger partial charge in [0, 0.05) is 5.56 Å². The van der Waals surface area contributed by atoms with E-state index in [9.17, 15) is 4.39 Å². The highest BCUT2D eigenvalue weighted by Gasteiger charge is 2.11. The van der Waals surface area contributed by atoms with E-state index < -0.39 is 5.82 Å². The average molecular weight is 415 g/mol. The summed E-state index contributed by atoms with van der Waals surface area (Å²) in [5.41, 5.74) is 1.57. The third-order valence-corrected chi connectivity index (χ3v) is 3.98. The fourth-order valence-corrected chi connectivity index (χ4v) is 3.29. The molecule has 0 unspecified atom stereocenters. The number of hydrogen-bond acceptors (Lipinski definition) is 3. The summed E-state index contributed by atoms with van der Waals surface area (Å²) in [4.78, 5) is 0. The highest BCUT2D eigenvalue weighted by Crippen LogP contribution is 2.35. The van der Waals surface area contributed by atoms with Crippen molar-refractivity contribution in [2.45, 2.75) is 13.2 Å². The number of aliphatic hydroxyl groups is 1. The van der Waals surface area contributed by atoms with Gasteiger partial charge < -0.3 is 9.84 Å². The fraction of sp³-hybridized carbons (Fsp3) is 0.133. The Kier molecular flexibility index (Phi) is 5.34. The lowest BCUT2D eigenvalue weighted by atomic mass is 10.1. The molecule has 0 spiro atoms. The molecular formula is C15H10Br2FNO2. The van der Waals surface area contributed by atoms with Crippen LogP contribution in [-0.2, 0) is 13.2 Å². The molecule has 0 aliphatic rings. The summed E-state index contributed by atoms with van der Waals surface area (Å²) in [6, 6.07) is 9.41.